The minimum atomic E-state index is 0.0427. The Morgan fingerprint density at radius 1 is 0.912 bits per heavy atom. The number of aromatic nitrogens is 2. The lowest BCUT2D eigenvalue weighted by Crippen LogP contribution is -2.26. The smallest absolute Gasteiger partial charge is 0.224 e. The normalized spacial score (nSPS) is 10.9. The van der Waals surface area contributed by atoms with E-state index in [0.717, 1.165) is 46.8 Å². The number of para-hydroxylation sites is 4. The van der Waals surface area contributed by atoms with Crippen LogP contribution >= 0.6 is 0 Å². The number of ether oxygens (including phenoxy) is 2. The Morgan fingerprint density at radius 2 is 1.62 bits per heavy atom. The molecule has 1 N–H and O–H groups in total. The molecule has 0 bridgehead atoms. The lowest BCUT2D eigenvalue weighted by atomic mass is 10.1. The summed E-state index contributed by atoms with van der Waals surface area (Å²) in [5.41, 5.74) is 3.08. The van der Waals surface area contributed by atoms with Crippen LogP contribution in [-0.4, -0.2) is 35.2 Å². The predicted octanol–water partition coefficient (Wildman–Crippen LogP) is 4.81. The van der Waals surface area contributed by atoms with E-state index < -0.39 is 0 Å². The molecule has 6 heteroatoms. The highest BCUT2D eigenvalue weighted by molar-refractivity contribution is 5.78. The molecule has 0 aliphatic carbocycles. The number of carbonyl (C=O) groups is 1. The fraction of sp³-hybridized carbons (Fsp3) is 0.286. The molecule has 0 spiro atoms. The first-order chi connectivity index (χ1) is 16.7. The molecule has 4 rings (SSSR count). The van der Waals surface area contributed by atoms with Gasteiger partial charge in [-0.15, -0.1) is 0 Å². The molecular formula is C28H31N3O3. The molecule has 0 aliphatic rings. The molecule has 6 nitrogen and oxygen atoms in total. The van der Waals surface area contributed by atoms with Crippen LogP contribution in [-0.2, 0) is 24.2 Å². The molecule has 0 saturated carbocycles. The van der Waals surface area contributed by atoms with Gasteiger partial charge < -0.3 is 19.4 Å². The van der Waals surface area contributed by atoms with Crippen molar-refractivity contribution in [1.29, 1.82) is 0 Å². The van der Waals surface area contributed by atoms with Gasteiger partial charge in [-0.3, -0.25) is 4.79 Å². The first-order valence-electron chi connectivity index (χ1n) is 11.8. The molecule has 34 heavy (non-hydrogen) atoms. The number of fused-ring (bicyclic) bond motifs is 1. The van der Waals surface area contributed by atoms with Gasteiger partial charge in [0.2, 0.25) is 5.91 Å². The maximum absolute atomic E-state index is 12.2. The number of imidazole rings is 1. The van der Waals surface area contributed by atoms with E-state index in [1.807, 2.05) is 79.7 Å². The summed E-state index contributed by atoms with van der Waals surface area (Å²) in [5.74, 6) is 2.55. The molecule has 1 heterocycles. The summed E-state index contributed by atoms with van der Waals surface area (Å²) in [6, 6.07) is 25.7. The van der Waals surface area contributed by atoms with Gasteiger partial charge in [0.25, 0.3) is 0 Å². The second-order valence-corrected chi connectivity index (χ2v) is 8.01. The van der Waals surface area contributed by atoms with E-state index in [4.69, 9.17) is 14.5 Å². The van der Waals surface area contributed by atoms with Crippen molar-refractivity contribution in [3.63, 3.8) is 0 Å². The Hall–Kier alpha value is -3.80. The summed E-state index contributed by atoms with van der Waals surface area (Å²) in [4.78, 5) is 17.1. The van der Waals surface area contributed by atoms with Crippen molar-refractivity contribution in [3.05, 3.63) is 90.3 Å². The van der Waals surface area contributed by atoms with Gasteiger partial charge in [0.15, 0.2) is 11.5 Å². The van der Waals surface area contributed by atoms with Crippen LogP contribution in [0.3, 0.4) is 0 Å². The molecular weight excluding hydrogens is 426 g/mol. The van der Waals surface area contributed by atoms with Crippen molar-refractivity contribution >= 4 is 16.9 Å². The molecule has 0 aliphatic heterocycles. The van der Waals surface area contributed by atoms with E-state index in [-0.39, 0.29) is 5.91 Å². The monoisotopic (exact) mass is 457 g/mol. The summed E-state index contributed by atoms with van der Waals surface area (Å²) in [6.45, 7) is 4.36. The van der Waals surface area contributed by atoms with E-state index >= 15 is 0 Å². The van der Waals surface area contributed by atoms with Crippen molar-refractivity contribution in [2.24, 2.45) is 0 Å². The van der Waals surface area contributed by atoms with Crippen LogP contribution in [0.1, 0.15) is 24.7 Å². The third-order valence-electron chi connectivity index (χ3n) is 5.56. The Kier molecular flexibility index (Phi) is 8.17. The maximum Gasteiger partial charge on any atom is 0.224 e. The second kappa shape index (κ2) is 11.9. The Labute approximate surface area is 200 Å². The van der Waals surface area contributed by atoms with Gasteiger partial charge in [-0.1, -0.05) is 54.6 Å². The van der Waals surface area contributed by atoms with Crippen LogP contribution in [0.2, 0.25) is 0 Å². The largest absolute Gasteiger partial charge is 0.490 e. The highest BCUT2D eigenvalue weighted by Gasteiger charge is 2.12. The number of nitrogens with zero attached hydrogens (tertiary/aromatic N) is 2. The minimum Gasteiger partial charge on any atom is -0.490 e. The topological polar surface area (TPSA) is 65.4 Å². The Morgan fingerprint density at radius 3 is 2.41 bits per heavy atom. The average molecular weight is 458 g/mol. The van der Waals surface area contributed by atoms with Crippen molar-refractivity contribution in [3.8, 4) is 11.5 Å². The van der Waals surface area contributed by atoms with Gasteiger partial charge in [-0.2, -0.15) is 0 Å². The van der Waals surface area contributed by atoms with Gasteiger partial charge >= 0.3 is 0 Å². The molecule has 0 unspecified atom stereocenters. The third-order valence-corrected chi connectivity index (χ3v) is 5.56. The minimum absolute atomic E-state index is 0.0427. The van der Waals surface area contributed by atoms with E-state index in [2.05, 4.69) is 16.0 Å². The second-order valence-electron chi connectivity index (χ2n) is 8.01. The van der Waals surface area contributed by atoms with E-state index in [9.17, 15) is 4.79 Å². The van der Waals surface area contributed by atoms with E-state index in [0.29, 0.717) is 32.7 Å². The quantitative estimate of drug-likeness (QED) is 0.310. The van der Waals surface area contributed by atoms with E-state index in [1.165, 1.54) is 0 Å². The fourth-order valence-electron chi connectivity index (χ4n) is 3.97. The van der Waals surface area contributed by atoms with Crippen LogP contribution in [0.15, 0.2) is 78.9 Å². The van der Waals surface area contributed by atoms with Gasteiger partial charge in [-0.05, 0) is 43.2 Å². The van der Waals surface area contributed by atoms with Crippen LogP contribution in [0, 0.1) is 0 Å². The first-order valence-corrected chi connectivity index (χ1v) is 11.8. The summed E-state index contributed by atoms with van der Waals surface area (Å²) in [6.07, 6.45) is 1.99. The molecule has 0 saturated heterocycles. The summed E-state index contributed by atoms with van der Waals surface area (Å²) < 4.78 is 13.9. The van der Waals surface area contributed by atoms with Crippen molar-refractivity contribution < 1.29 is 14.3 Å². The van der Waals surface area contributed by atoms with Crippen molar-refractivity contribution in [2.45, 2.75) is 32.7 Å². The molecule has 3 aromatic carbocycles. The zero-order valence-corrected chi connectivity index (χ0v) is 19.6. The standard InChI is InChI=1S/C28H31N3O3/c1-2-33-25-15-8-9-16-26(25)34-20-19-31-24-14-7-6-13-23(24)30-27(31)17-10-18-29-28(32)21-22-11-4-3-5-12-22/h3-9,11-16H,2,10,17-21H2,1H3,(H,29,32). The Balaban J connectivity index is 1.34. The first kappa shape index (κ1) is 23.4. The number of nitrogens with one attached hydrogen (secondary N) is 1. The zero-order chi connectivity index (χ0) is 23.6. The predicted molar refractivity (Wildman–Crippen MR) is 134 cm³/mol. The molecule has 0 atom stereocenters. The lowest BCUT2D eigenvalue weighted by Gasteiger charge is -2.13. The molecule has 0 radical (unpaired) electrons. The van der Waals surface area contributed by atoms with Gasteiger partial charge in [0.1, 0.15) is 12.4 Å². The van der Waals surface area contributed by atoms with E-state index in [1.54, 1.807) is 0 Å². The molecule has 176 valence electrons. The molecule has 1 aromatic heterocycles. The van der Waals surface area contributed by atoms with Crippen LogP contribution < -0.4 is 14.8 Å². The van der Waals surface area contributed by atoms with Crippen LogP contribution in [0.4, 0.5) is 0 Å². The zero-order valence-electron chi connectivity index (χ0n) is 19.6. The number of benzene rings is 3. The van der Waals surface area contributed by atoms with Gasteiger partial charge in [0.05, 0.1) is 30.6 Å². The third kappa shape index (κ3) is 6.16. The van der Waals surface area contributed by atoms with Crippen molar-refractivity contribution in [1.82, 2.24) is 14.9 Å². The molecule has 0 fully saturated rings. The number of hydrogen-bond acceptors (Lipinski definition) is 4. The fourth-order valence-corrected chi connectivity index (χ4v) is 3.97. The highest BCUT2D eigenvalue weighted by Crippen LogP contribution is 2.26. The number of amides is 1. The van der Waals surface area contributed by atoms with Crippen LogP contribution in [0.5, 0.6) is 11.5 Å². The Bertz CT molecular complexity index is 1200. The summed E-state index contributed by atoms with van der Waals surface area (Å²) >= 11 is 0. The average Bonchev–Trinajstić information content (AvgIpc) is 3.21. The van der Waals surface area contributed by atoms with Crippen LogP contribution in [0.25, 0.3) is 11.0 Å². The van der Waals surface area contributed by atoms with Gasteiger partial charge in [-0.25, -0.2) is 4.98 Å². The summed E-state index contributed by atoms with van der Waals surface area (Å²) in [5, 5.41) is 3.02. The highest BCUT2D eigenvalue weighted by atomic mass is 16.5. The maximum atomic E-state index is 12.2. The van der Waals surface area contributed by atoms with Gasteiger partial charge in [0, 0.05) is 13.0 Å². The number of carbonyl (C=O) groups excluding carboxylic acids is 1. The molecule has 4 aromatic rings. The number of hydrogen-bond donors (Lipinski definition) is 1. The number of aryl methyl sites for hydroxylation is 1. The molecule has 1 amide bonds. The SMILES string of the molecule is CCOc1ccccc1OCCn1c(CCCNC(=O)Cc2ccccc2)nc2ccccc21. The number of rotatable bonds is 12. The lowest BCUT2D eigenvalue weighted by molar-refractivity contribution is -0.120. The van der Waals surface area contributed by atoms with Crippen molar-refractivity contribution in [2.75, 3.05) is 19.8 Å². The summed E-state index contributed by atoms with van der Waals surface area (Å²) in [7, 11) is 0.